The van der Waals surface area contributed by atoms with Crippen LogP contribution in [0.25, 0.3) is 0 Å². The lowest BCUT2D eigenvalue weighted by Gasteiger charge is -2.14. The summed E-state index contributed by atoms with van der Waals surface area (Å²) in [6.07, 6.45) is -0.306. The Balaban J connectivity index is 2.29. The van der Waals surface area contributed by atoms with Crippen molar-refractivity contribution >= 4 is 11.6 Å². The van der Waals surface area contributed by atoms with Crippen LogP contribution in [0.2, 0.25) is 5.02 Å². The molecule has 0 saturated carbocycles. The van der Waals surface area contributed by atoms with Gasteiger partial charge in [0.2, 0.25) is 0 Å². The average molecular weight is 198 g/mol. The molecule has 2 rings (SSSR count). The molecule has 1 aliphatic rings. The van der Waals surface area contributed by atoms with E-state index in [0.29, 0.717) is 6.54 Å². The molecule has 0 spiro atoms. The van der Waals surface area contributed by atoms with Crippen LogP contribution in [-0.2, 0) is 0 Å². The van der Waals surface area contributed by atoms with Gasteiger partial charge in [-0.05, 0) is 11.6 Å². The minimum Gasteiger partial charge on any atom is -0.391 e. The Labute approximate surface area is 82.5 Å². The van der Waals surface area contributed by atoms with Crippen molar-refractivity contribution in [2.24, 2.45) is 0 Å². The molecule has 0 bridgehead atoms. The van der Waals surface area contributed by atoms with Crippen molar-refractivity contribution in [2.45, 2.75) is 12.0 Å². The average Bonchev–Trinajstić information content (AvgIpc) is 2.52. The molecule has 1 aliphatic heterocycles. The highest BCUT2D eigenvalue weighted by atomic mass is 35.5. The summed E-state index contributed by atoms with van der Waals surface area (Å²) in [5.74, 6) is 0.147. The van der Waals surface area contributed by atoms with Crippen molar-refractivity contribution < 1.29 is 5.11 Å². The smallest absolute Gasteiger partial charge is 0.0745 e. The first-order valence-electron chi connectivity index (χ1n) is 4.42. The van der Waals surface area contributed by atoms with Gasteiger partial charge in [-0.2, -0.15) is 0 Å². The van der Waals surface area contributed by atoms with Gasteiger partial charge in [0, 0.05) is 24.0 Å². The molecule has 2 nitrogen and oxygen atoms in total. The summed E-state index contributed by atoms with van der Waals surface area (Å²) < 4.78 is 0. The zero-order valence-electron chi connectivity index (χ0n) is 7.20. The molecular formula is C10H12ClNO. The molecule has 2 N–H and O–H groups in total. The zero-order chi connectivity index (χ0) is 9.26. The van der Waals surface area contributed by atoms with E-state index in [0.717, 1.165) is 17.1 Å². The predicted molar refractivity (Wildman–Crippen MR) is 53.1 cm³/mol. The van der Waals surface area contributed by atoms with Gasteiger partial charge >= 0.3 is 0 Å². The highest BCUT2D eigenvalue weighted by molar-refractivity contribution is 6.31. The van der Waals surface area contributed by atoms with E-state index >= 15 is 0 Å². The van der Waals surface area contributed by atoms with Crippen LogP contribution in [0.3, 0.4) is 0 Å². The SMILES string of the molecule is O[C@@H]1CNC[C@H]1c1ccccc1Cl. The van der Waals surface area contributed by atoms with E-state index in [1.54, 1.807) is 0 Å². The van der Waals surface area contributed by atoms with Crippen LogP contribution in [-0.4, -0.2) is 24.3 Å². The molecule has 0 unspecified atom stereocenters. The maximum Gasteiger partial charge on any atom is 0.0745 e. The quantitative estimate of drug-likeness (QED) is 0.713. The second kappa shape index (κ2) is 3.66. The molecular weight excluding hydrogens is 186 g/mol. The summed E-state index contributed by atoms with van der Waals surface area (Å²) in [5, 5.41) is 13.5. The number of benzene rings is 1. The number of rotatable bonds is 1. The Bertz CT molecular complexity index is 303. The minimum absolute atomic E-state index is 0.147. The third-order valence-electron chi connectivity index (χ3n) is 2.49. The molecule has 2 atom stereocenters. The summed E-state index contributed by atoms with van der Waals surface area (Å²) in [6.45, 7) is 1.47. The molecule has 0 amide bonds. The van der Waals surface area contributed by atoms with Crippen LogP contribution in [0.1, 0.15) is 11.5 Å². The maximum absolute atomic E-state index is 9.65. The van der Waals surface area contributed by atoms with Crippen LogP contribution in [0.15, 0.2) is 24.3 Å². The summed E-state index contributed by atoms with van der Waals surface area (Å²) in [4.78, 5) is 0. The number of halogens is 1. The summed E-state index contributed by atoms with van der Waals surface area (Å²) in [7, 11) is 0. The Morgan fingerprint density at radius 1 is 1.31 bits per heavy atom. The van der Waals surface area contributed by atoms with Gasteiger partial charge < -0.3 is 10.4 Å². The number of hydrogen-bond acceptors (Lipinski definition) is 2. The summed E-state index contributed by atoms with van der Waals surface area (Å²) >= 11 is 6.03. The van der Waals surface area contributed by atoms with Crippen LogP contribution < -0.4 is 5.32 Å². The highest BCUT2D eigenvalue weighted by Gasteiger charge is 2.27. The van der Waals surface area contributed by atoms with Gasteiger partial charge in [0.1, 0.15) is 0 Å². The molecule has 0 aliphatic carbocycles. The van der Waals surface area contributed by atoms with Gasteiger partial charge in [-0.25, -0.2) is 0 Å². The minimum atomic E-state index is -0.306. The third-order valence-corrected chi connectivity index (χ3v) is 2.83. The van der Waals surface area contributed by atoms with E-state index in [4.69, 9.17) is 11.6 Å². The first-order valence-corrected chi connectivity index (χ1v) is 4.80. The van der Waals surface area contributed by atoms with Crippen molar-refractivity contribution in [1.29, 1.82) is 0 Å². The number of aliphatic hydroxyl groups is 1. The number of aliphatic hydroxyl groups excluding tert-OH is 1. The standard InChI is InChI=1S/C10H12ClNO/c11-9-4-2-1-3-7(9)8-5-12-6-10(8)13/h1-4,8,10,12-13H,5-6H2/t8-,10+/m0/s1. The lowest BCUT2D eigenvalue weighted by molar-refractivity contribution is 0.178. The van der Waals surface area contributed by atoms with Gasteiger partial charge in [-0.1, -0.05) is 29.8 Å². The van der Waals surface area contributed by atoms with E-state index in [-0.39, 0.29) is 12.0 Å². The molecule has 0 aromatic heterocycles. The second-order valence-corrected chi connectivity index (χ2v) is 3.76. The van der Waals surface area contributed by atoms with Gasteiger partial charge in [0.05, 0.1) is 6.10 Å². The van der Waals surface area contributed by atoms with E-state index in [1.165, 1.54) is 0 Å². The first-order chi connectivity index (χ1) is 6.29. The first kappa shape index (κ1) is 9.00. The molecule has 70 valence electrons. The lowest BCUT2D eigenvalue weighted by Crippen LogP contribution is -2.16. The van der Waals surface area contributed by atoms with Crippen molar-refractivity contribution in [3.05, 3.63) is 34.9 Å². The van der Waals surface area contributed by atoms with Gasteiger partial charge in [-0.15, -0.1) is 0 Å². The van der Waals surface area contributed by atoms with Gasteiger partial charge in [-0.3, -0.25) is 0 Å². The van der Waals surface area contributed by atoms with Crippen molar-refractivity contribution in [3.63, 3.8) is 0 Å². The monoisotopic (exact) mass is 197 g/mol. The topological polar surface area (TPSA) is 32.3 Å². The summed E-state index contributed by atoms with van der Waals surface area (Å²) in [6, 6.07) is 7.69. The number of hydrogen-bond donors (Lipinski definition) is 2. The van der Waals surface area contributed by atoms with E-state index in [1.807, 2.05) is 24.3 Å². The Hall–Kier alpha value is -0.570. The highest BCUT2D eigenvalue weighted by Crippen LogP contribution is 2.28. The number of nitrogens with one attached hydrogen (secondary N) is 1. The fourth-order valence-electron chi connectivity index (χ4n) is 1.76. The molecule has 1 aromatic rings. The maximum atomic E-state index is 9.65. The van der Waals surface area contributed by atoms with Crippen LogP contribution >= 0.6 is 11.6 Å². The predicted octanol–water partition coefficient (Wildman–Crippen LogP) is 1.39. The van der Waals surface area contributed by atoms with E-state index in [9.17, 15) is 5.11 Å². The molecule has 1 saturated heterocycles. The van der Waals surface area contributed by atoms with Crippen LogP contribution in [0.4, 0.5) is 0 Å². The van der Waals surface area contributed by atoms with Crippen LogP contribution in [0.5, 0.6) is 0 Å². The van der Waals surface area contributed by atoms with Crippen LogP contribution in [0, 0.1) is 0 Å². The molecule has 0 radical (unpaired) electrons. The zero-order valence-corrected chi connectivity index (χ0v) is 7.96. The molecule has 1 heterocycles. The lowest BCUT2D eigenvalue weighted by atomic mass is 9.96. The molecule has 3 heteroatoms. The Morgan fingerprint density at radius 3 is 2.69 bits per heavy atom. The van der Waals surface area contributed by atoms with Gasteiger partial charge in [0.25, 0.3) is 0 Å². The van der Waals surface area contributed by atoms with Crippen molar-refractivity contribution in [3.8, 4) is 0 Å². The van der Waals surface area contributed by atoms with Gasteiger partial charge in [0.15, 0.2) is 0 Å². The van der Waals surface area contributed by atoms with Crippen molar-refractivity contribution in [1.82, 2.24) is 5.32 Å². The van der Waals surface area contributed by atoms with Crippen molar-refractivity contribution in [2.75, 3.05) is 13.1 Å². The fourth-order valence-corrected chi connectivity index (χ4v) is 2.03. The van der Waals surface area contributed by atoms with E-state index < -0.39 is 0 Å². The van der Waals surface area contributed by atoms with E-state index in [2.05, 4.69) is 5.32 Å². The Morgan fingerprint density at radius 2 is 2.08 bits per heavy atom. The number of β-amino-alcohol motifs (C(OH)–C–C–N with tert-alkyl or cyclic N) is 1. The normalized spacial score (nSPS) is 27.8. The second-order valence-electron chi connectivity index (χ2n) is 3.35. The largest absolute Gasteiger partial charge is 0.391 e. The molecule has 13 heavy (non-hydrogen) atoms. The fraction of sp³-hybridized carbons (Fsp3) is 0.400. The molecule has 1 aromatic carbocycles. The summed E-state index contributed by atoms with van der Waals surface area (Å²) in [5.41, 5.74) is 1.04. The molecule has 1 fully saturated rings. The Kier molecular flexibility index (Phi) is 2.54. The third kappa shape index (κ3) is 1.70.